The van der Waals surface area contributed by atoms with Crippen LogP contribution in [0.15, 0.2) is 18.2 Å². The van der Waals surface area contributed by atoms with Gasteiger partial charge in [-0.05, 0) is 32.0 Å². The van der Waals surface area contributed by atoms with E-state index in [1.165, 1.54) is 0 Å². The van der Waals surface area contributed by atoms with Crippen LogP contribution >= 0.6 is 0 Å². The molecule has 0 saturated carbocycles. The molecule has 1 rings (SSSR count). The van der Waals surface area contributed by atoms with Crippen molar-refractivity contribution in [3.63, 3.8) is 0 Å². The number of hydrogen-bond donors (Lipinski definition) is 0. The maximum absolute atomic E-state index is 11.3. The van der Waals surface area contributed by atoms with E-state index < -0.39 is 0 Å². The van der Waals surface area contributed by atoms with E-state index in [0.717, 1.165) is 50.1 Å². The maximum Gasteiger partial charge on any atom is 0.127 e. The molecule has 0 N–H and O–H groups in total. The number of aldehydes is 1. The Kier molecular flexibility index (Phi) is 6.16. The fourth-order valence-corrected chi connectivity index (χ4v) is 2.45. The normalized spacial score (nSPS) is 14.4. The number of hydrogen-bond acceptors (Lipinski definition) is 3. The lowest BCUT2D eigenvalue weighted by molar-refractivity contribution is -0.116. The molecule has 106 valence electrons. The van der Waals surface area contributed by atoms with E-state index in [4.69, 9.17) is 0 Å². The summed E-state index contributed by atoms with van der Waals surface area (Å²) in [5, 5.41) is 0. The van der Waals surface area contributed by atoms with E-state index in [1.807, 2.05) is 25.1 Å². The molecule has 3 nitrogen and oxygen atoms in total. The summed E-state index contributed by atoms with van der Waals surface area (Å²) in [6, 6.07) is 6.09. The van der Waals surface area contributed by atoms with Crippen LogP contribution in [0, 0.1) is 12.3 Å². The summed E-state index contributed by atoms with van der Waals surface area (Å²) < 4.78 is 0. The van der Waals surface area contributed by atoms with Crippen molar-refractivity contribution in [1.82, 2.24) is 9.88 Å². The molecule has 1 heterocycles. The Hall–Kier alpha value is -1.22. The number of carbonyl (C=O) groups excluding carboxylic acids is 1. The second kappa shape index (κ2) is 7.39. The Morgan fingerprint density at radius 1 is 1.37 bits per heavy atom. The van der Waals surface area contributed by atoms with Crippen molar-refractivity contribution in [2.45, 2.75) is 47.1 Å². The van der Waals surface area contributed by atoms with E-state index in [0.29, 0.717) is 0 Å². The zero-order chi connectivity index (χ0) is 14.3. The first-order valence-corrected chi connectivity index (χ1v) is 7.14. The van der Waals surface area contributed by atoms with Crippen LogP contribution in [0.5, 0.6) is 0 Å². The van der Waals surface area contributed by atoms with Gasteiger partial charge < -0.3 is 4.79 Å². The summed E-state index contributed by atoms with van der Waals surface area (Å²) in [5.41, 5.74) is 1.88. The van der Waals surface area contributed by atoms with Gasteiger partial charge >= 0.3 is 0 Å². The van der Waals surface area contributed by atoms with Gasteiger partial charge in [-0.3, -0.25) is 9.88 Å². The zero-order valence-corrected chi connectivity index (χ0v) is 12.6. The van der Waals surface area contributed by atoms with Crippen LogP contribution in [0.25, 0.3) is 0 Å². The third-order valence-corrected chi connectivity index (χ3v) is 3.47. The molecule has 0 saturated heterocycles. The van der Waals surface area contributed by atoms with Crippen molar-refractivity contribution in [3.8, 4) is 0 Å². The average Bonchev–Trinajstić information content (AvgIpc) is 2.38. The van der Waals surface area contributed by atoms with Gasteiger partial charge in [-0.1, -0.05) is 33.3 Å². The highest BCUT2D eigenvalue weighted by atomic mass is 16.1. The van der Waals surface area contributed by atoms with Crippen LogP contribution in [0.3, 0.4) is 0 Å². The van der Waals surface area contributed by atoms with Gasteiger partial charge in [0.25, 0.3) is 0 Å². The van der Waals surface area contributed by atoms with Crippen molar-refractivity contribution in [3.05, 3.63) is 29.6 Å². The molecular formula is C16H26N2O. The minimum absolute atomic E-state index is 0.241. The van der Waals surface area contributed by atoms with Crippen molar-refractivity contribution in [1.29, 1.82) is 0 Å². The van der Waals surface area contributed by atoms with Crippen LogP contribution in [0.4, 0.5) is 0 Å². The second-order valence-electron chi connectivity index (χ2n) is 5.60. The molecule has 0 spiro atoms. The van der Waals surface area contributed by atoms with Gasteiger partial charge in [-0.15, -0.1) is 0 Å². The SMILES string of the molecule is CCCC(C)(C=O)CN(CC)Cc1cccc(C)n1. The lowest BCUT2D eigenvalue weighted by Gasteiger charge is -2.30. The van der Waals surface area contributed by atoms with Gasteiger partial charge in [0.05, 0.1) is 5.69 Å². The summed E-state index contributed by atoms with van der Waals surface area (Å²) in [7, 11) is 0. The third-order valence-electron chi connectivity index (χ3n) is 3.47. The average molecular weight is 262 g/mol. The molecule has 0 radical (unpaired) electrons. The van der Waals surface area contributed by atoms with Gasteiger partial charge in [0.1, 0.15) is 6.29 Å². The first-order valence-electron chi connectivity index (χ1n) is 7.14. The van der Waals surface area contributed by atoms with Gasteiger partial charge in [0.15, 0.2) is 0 Å². The Labute approximate surface area is 117 Å². The Balaban J connectivity index is 2.70. The van der Waals surface area contributed by atoms with Gasteiger partial charge in [0, 0.05) is 24.2 Å². The topological polar surface area (TPSA) is 33.2 Å². The molecule has 1 aromatic rings. The lowest BCUT2D eigenvalue weighted by atomic mass is 9.86. The fourth-order valence-electron chi connectivity index (χ4n) is 2.45. The van der Waals surface area contributed by atoms with Gasteiger partial charge in [-0.25, -0.2) is 0 Å². The maximum atomic E-state index is 11.3. The van der Waals surface area contributed by atoms with Crippen LogP contribution in [0.2, 0.25) is 0 Å². The van der Waals surface area contributed by atoms with E-state index in [2.05, 4.69) is 30.7 Å². The number of rotatable bonds is 8. The number of aryl methyl sites for hydroxylation is 1. The van der Waals surface area contributed by atoms with Crippen LogP contribution in [-0.4, -0.2) is 29.3 Å². The predicted octanol–water partition coefficient (Wildman–Crippen LogP) is 3.22. The minimum atomic E-state index is -0.241. The standard InChI is InChI=1S/C16H26N2O/c1-5-10-16(4,13-19)12-18(6-2)11-15-9-7-8-14(3)17-15/h7-9,13H,5-6,10-12H2,1-4H3. The Morgan fingerprint density at radius 3 is 2.63 bits per heavy atom. The highest BCUT2D eigenvalue weighted by molar-refractivity contribution is 5.59. The summed E-state index contributed by atoms with van der Waals surface area (Å²) in [6.45, 7) is 10.9. The first kappa shape index (κ1) is 15.8. The Bertz CT molecular complexity index is 405. The molecule has 0 aromatic carbocycles. The number of nitrogens with zero attached hydrogens (tertiary/aromatic N) is 2. The molecule has 0 bridgehead atoms. The molecule has 0 aliphatic heterocycles. The molecule has 1 atom stereocenters. The summed E-state index contributed by atoms with van der Waals surface area (Å²) >= 11 is 0. The van der Waals surface area contributed by atoms with E-state index in [1.54, 1.807) is 0 Å². The van der Waals surface area contributed by atoms with Crippen LogP contribution in [-0.2, 0) is 11.3 Å². The highest BCUT2D eigenvalue weighted by Crippen LogP contribution is 2.22. The van der Waals surface area contributed by atoms with Gasteiger partial charge in [-0.2, -0.15) is 0 Å². The van der Waals surface area contributed by atoms with Crippen molar-refractivity contribution >= 4 is 6.29 Å². The van der Waals surface area contributed by atoms with Crippen molar-refractivity contribution in [2.24, 2.45) is 5.41 Å². The molecule has 0 fully saturated rings. The van der Waals surface area contributed by atoms with E-state index in [-0.39, 0.29) is 5.41 Å². The largest absolute Gasteiger partial charge is 0.303 e. The van der Waals surface area contributed by atoms with E-state index >= 15 is 0 Å². The molecule has 3 heteroatoms. The molecule has 19 heavy (non-hydrogen) atoms. The molecule has 1 aromatic heterocycles. The van der Waals surface area contributed by atoms with Gasteiger partial charge in [0.2, 0.25) is 0 Å². The summed E-state index contributed by atoms with van der Waals surface area (Å²) in [4.78, 5) is 18.2. The lowest BCUT2D eigenvalue weighted by Crippen LogP contribution is -2.36. The highest BCUT2D eigenvalue weighted by Gasteiger charge is 2.25. The minimum Gasteiger partial charge on any atom is -0.303 e. The quantitative estimate of drug-likeness (QED) is 0.674. The predicted molar refractivity (Wildman–Crippen MR) is 79.0 cm³/mol. The fraction of sp³-hybridized carbons (Fsp3) is 0.625. The zero-order valence-electron chi connectivity index (χ0n) is 12.6. The molecule has 1 unspecified atom stereocenters. The summed E-state index contributed by atoms with van der Waals surface area (Å²) in [5.74, 6) is 0. The molecule has 0 aliphatic carbocycles. The second-order valence-corrected chi connectivity index (χ2v) is 5.60. The van der Waals surface area contributed by atoms with Crippen LogP contribution < -0.4 is 0 Å². The third kappa shape index (κ3) is 5.11. The van der Waals surface area contributed by atoms with Crippen LogP contribution in [0.1, 0.15) is 45.0 Å². The summed E-state index contributed by atoms with van der Waals surface area (Å²) in [6.07, 6.45) is 3.09. The smallest absolute Gasteiger partial charge is 0.127 e. The van der Waals surface area contributed by atoms with E-state index in [9.17, 15) is 4.79 Å². The number of carbonyl (C=O) groups is 1. The number of pyridine rings is 1. The van der Waals surface area contributed by atoms with Crippen molar-refractivity contribution in [2.75, 3.05) is 13.1 Å². The molecular weight excluding hydrogens is 236 g/mol. The first-order chi connectivity index (χ1) is 9.03. The number of aromatic nitrogens is 1. The molecule has 0 aliphatic rings. The molecule has 0 amide bonds. The Morgan fingerprint density at radius 2 is 2.11 bits per heavy atom. The van der Waals surface area contributed by atoms with Crippen molar-refractivity contribution < 1.29 is 4.79 Å². The monoisotopic (exact) mass is 262 g/mol.